The van der Waals surface area contributed by atoms with Crippen LogP contribution < -0.4 is 11.1 Å². The summed E-state index contributed by atoms with van der Waals surface area (Å²) >= 11 is 0. The predicted octanol–water partition coefficient (Wildman–Crippen LogP) is 5.08. The summed E-state index contributed by atoms with van der Waals surface area (Å²) < 4.78 is 10.8. The number of pyridine rings is 1. The van der Waals surface area contributed by atoms with Crippen molar-refractivity contribution in [3.63, 3.8) is 0 Å². The van der Waals surface area contributed by atoms with Crippen LogP contribution in [0.2, 0.25) is 0 Å². The molecular formula is C22H30N4O4. The van der Waals surface area contributed by atoms with Crippen LogP contribution in [0.1, 0.15) is 47.1 Å². The molecule has 0 unspecified atom stereocenters. The molecule has 0 aliphatic heterocycles. The van der Waals surface area contributed by atoms with Crippen molar-refractivity contribution in [1.82, 2.24) is 9.88 Å². The molecule has 2 aromatic rings. The number of imide groups is 1. The van der Waals surface area contributed by atoms with E-state index in [1.807, 2.05) is 6.07 Å². The van der Waals surface area contributed by atoms with Gasteiger partial charge in [-0.05, 0) is 71.4 Å². The van der Waals surface area contributed by atoms with Gasteiger partial charge >= 0.3 is 12.2 Å². The summed E-state index contributed by atoms with van der Waals surface area (Å²) in [4.78, 5) is 30.5. The summed E-state index contributed by atoms with van der Waals surface area (Å²) in [5, 5.41) is 3.13. The largest absolute Gasteiger partial charge is 0.443 e. The molecule has 3 N–H and O–H groups in total. The number of nitrogens with two attached hydrogens (primary N) is 1. The molecular weight excluding hydrogens is 384 g/mol. The number of anilines is 3. The van der Waals surface area contributed by atoms with Crippen molar-refractivity contribution >= 4 is 29.4 Å². The molecule has 0 radical (unpaired) electrons. The van der Waals surface area contributed by atoms with Gasteiger partial charge in [0, 0.05) is 11.9 Å². The average molecular weight is 415 g/mol. The molecule has 0 fully saturated rings. The molecule has 0 bridgehead atoms. The van der Waals surface area contributed by atoms with Crippen molar-refractivity contribution in [3.8, 4) is 0 Å². The maximum Gasteiger partial charge on any atom is 0.420 e. The zero-order valence-electron chi connectivity index (χ0n) is 18.4. The Morgan fingerprint density at radius 3 is 2.13 bits per heavy atom. The molecule has 0 spiro atoms. The molecule has 0 aliphatic carbocycles. The van der Waals surface area contributed by atoms with E-state index < -0.39 is 23.4 Å². The second kappa shape index (κ2) is 9.02. The molecule has 1 aromatic heterocycles. The van der Waals surface area contributed by atoms with Gasteiger partial charge in [0.2, 0.25) is 0 Å². The van der Waals surface area contributed by atoms with Gasteiger partial charge in [0.25, 0.3) is 0 Å². The number of hydrogen-bond donors (Lipinski definition) is 2. The Balaban J connectivity index is 2.25. The minimum absolute atomic E-state index is 0.0168. The number of carbonyl (C=O) groups excluding carboxylic acids is 2. The highest BCUT2D eigenvalue weighted by atomic mass is 16.6. The molecule has 1 aromatic carbocycles. The maximum absolute atomic E-state index is 12.7. The Morgan fingerprint density at radius 1 is 1.00 bits per heavy atom. The van der Waals surface area contributed by atoms with Crippen molar-refractivity contribution in [3.05, 3.63) is 48.2 Å². The van der Waals surface area contributed by atoms with Crippen LogP contribution in [0.4, 0.5) is 26.8 Å². The van der Waals surface area contributed by atoms with Crippen molar-refractivity contribution in [2.24, 2.45) is 0 Å². The van der Waals surface area contributed by atoms with Gasteiger partial charge in [0.1, 0.15) is 11.2 Å². The van der Waals surface area contributed by atoms with Gasteiger partial charge in [-0.3, -0.25) is 0 Å². The van der Waals surface area contributed by atoms with Crippen LogP contribution in [-0.2, 0) is 16.0 Å². The van der Waals surface area contributed by atoms with E-state index in [4.69, 9.17) is 15.2 Å². The van der Waals surface area contributed by atoms with E-state index in [-0.39, 0.29) is 6.54 Å². The number of carbonyl (C=O) groups is 2. The standard InChI is InChI=1S/C22H30N4O4/c1-21(2,3)29-19(27)26(20(28)30-22(4,5)6)14-15-9-7-10-16(13-15)25-18-17(23)11-8-12-24-18/h7-13H,14,23H2,1-6H3,(H,24,25). The first-order valence-electron chi connectivity index (χ1n) is 9.64. The molecule has 2 amide bonds. The zero-order valence-corrected chi connectivity index (χ0v) is 18.4. The van der Waals surface area contributed by atoms with E-state index in [1.165, 1.54) is 0 Å². The summed E-state index contributed by atoms with van der Waals surface area (Å²) in [7, 11) is 0. The number of nitrogen functional groups attached to an aromatic ring is 1. The normalized spacial score (nSPS) is 11.5. The summed E-state index contributed by atoms with van der Waals surface area (Å²) in [6.07, 6.45) is 0.0862. The number of rotatable bonds is 4. The molecule has 8 nitrogen and oxygen atoms in total. The number of benzene rings is 1. The maximum atomic E-state index is 12.7. The predicted molar refractivity (Wildman–Crippen MR) is 116 cm³/mol. The van der Waals surface area contributed by atoms with Crippen molar-refractivity contribution in [2.75, 3.05) is 11.1 Å². The highest BCUT2D eigenvalue weighted by Gasteiger charge is 2.31. The lowest BCUT2D eigenvalue weighted by Crippen LogP contribution is -2.43. The smallest absolute Gasteiger partial charge is 0.420 e. The SMILES string of the molecule is CC(C)(C)OC(=O)N(Cc1cccc(Nc2ncccc2N)c1)C(=O)OC(C)(C)C. The fourth-order valence-electron chi connectivity index (χ4n) is 2.43. The summed E-state index contributed by atoms with van der Waals surface area (Å²) in [5.41, 5.74) is 6.34. The highest BCUT2D eigenvalue weighted by Crippen LogP contribution is 2.22. The first-order chi connectivity index (χ1) is 13.8. The molecule has 2 rings (SSSR count). The second-order valence-corrected chi connectivity index (χ2v) is 8.81. The van der Waals surface area contributed by atoms with Crippen molar-refractivity contribution in [1.29, 1.82) is 0 Å². The number of nitrogens with one attached hydrogen (secondary N) is 1. The van der Waals surface area contributed by atoms with Gasteiger partial charge in [0.05, 0.1) is 12.2 Å². The lowest BCUT2D eigenvalue weighted by Gasteiger charge is -2.28. The van der Waals surface area contributed by atoms with Crippen LogP contribution in [0.25, 0.3) is 0 Å². The fourth-order valence-corrected chi connectivity index (χ4v) is 2.43. The number of aromatic nitrogens is 1. The summed E-state index contributed by atoms with van der Waals surface area (Å²) in [6.45, 7) is 10.4. The fraction of sp³-hybridized carbons (Fsp3) is 0.409. The van der Waals surface area contributed by atoms with Crippen LogP contribution in [0, 0.1) is 0 Å². The molecule has 0 saturated heterocycles. The van der Waals surface area contributed by atoms with E-state index >= 15 is 0 Å². The third-order valence-corrected chi connectivity index (χ3v) is 3.60. The Labute approximate surface area is 177 Å². The van der Waals surface area contributed by atoms with Gasteiger partial charge in [-0.25, -0.2) is 19.5 Å². The molecule has 1 heterocycles. The average Bonchev–Trinajstić information content (AvgIpc) is 2.59. The quantitative estimate of drug-likeness (QED) is 0.718. The zero-order chi connectivity index (χ0) is 22.5. The first kappa shape index (κ1) is 23.0. The minimum atomic E-state index is -0.774. The first-order valence-corrected chi connectivity index (χ1v) is 9.64. The van der Waals surface area contributed by atoms with Gasteiger partial charge in [-0.2, -0.15) is 0 Å². The second-order valence-electron chi connectivity index (χ2n) is 8.81. The van der Waals surface area contributed by atoms with Crippen LogP contribution in [0.15, 0.2) is 42.6 Å². The number of hydrogen-bond acceptors (Lipinski definition) is 7. The number of nitrogens with zero attached hydrogens (tertiary/aromatic N) is 2. The Bertz CT molecular complexity index is 872. The lowest BCUT2D eigenvalue weighted by atomic mass is 10.2. The molecule has 8 heteroatoms. The summed E-state index contributed by atoms with van der Waals surface area (Å²) in [5.74, 6) is 0.519. The third-order valence-electron chi connectivity index (χ3n) is 3.60. The van der Waals surface area contributed by atoms with Crippen LogP contribution in [-0.4, -0.2) is 33.3 Å². The Hall–Kier alpha value is -3.29. The van der Waals surface area contributed by atoms with Crippen molar-refractivity contribution in [2.45, 2.75) is 59.3 Å². The van der Waals surface area contributed by atoms with E-state index in [9.17, 15) is 9.59 Å². The van der Waals surface area contributed by atoms with Crippen LogP contribution >= 0.6 is 0 Å². The third kappa shape index (κ3) is 7.27. The molecule has 0 saturated carbocycles. The number of amides is 2. The lowest BCUT2D eigenvalue weighted by molar-refractivity contribution is -0.000246. The summed E-state index contributed by atoms with van der Waals surface area (Å²) in [6, 6.07) is 10.7. The molecule has 0 aliphatic rings. The minimum Gasteiger partial charge on any atom is -0.443 e. The molecule has 0 atom stereocenters. The Morgan fingerprint density at radius 2 is 1.60 bits per heavy atom. The van der Waals surface area contributed by atoms with Crippen molar-refractivity contribution < 1.29 is 19.1 Å². The van der Waals surface area contributed by atoms with Gasteiger partial charge in [-0.1, -0.05) is 12.1 Å². The van der Waals surface area contributed by atoms with Crippen LogP contribution in [0.3, 0.4) is 0 Å². The molecule has 162 valence electrons. The van der Waals surface area contributed by atoms with Gasteiger partial charge in [0.15, 0.2) is 5.82 Å². The van der Waals surface area contributed by atoms with Gasteiger partial charge in [-0.15, -0.1) is 0 Å². The number of ether oxygens (including phenoxy) is 2. The molecule has 30 heavy (non-hydrogen) atoms. The van der Waals surface area contributed by atoms with Gasteiger partial charge < -0.3 is 20.5 Å². The van der Waals surface area contributed by atoms with E-state index in [1.54, 1.807) is 78.1 Å². The van der Waals surface area contributed by atoms with Crippen LogP contribution in [0.5, 0.6) is 0 Å². The monoisotopic (exact) mass is 414 g/mol. The topological polar surface area (TPSA) is 107 Å². The van der Waals surface area contributed by atoms with E-state index in [2.05, 4.69) is 10.3 Å². The highest BCUT2D eigenvalue weighted by molar-refractivity contribution is 5.88. The van der Waals surface area contributed by atoms with E-state index in [0.29, 0.717) is 22.8 Å². The van der Waals surface area contributed by atoms with E-state index in [0.717, 1.165) is 4.90 Å². The Kier molecular flexibility index (Phi) is 6.92.